The summed E-state index contributed by atoms with van der Waals surface area (Å²) in [5, 5.41) is 3.79. The fourth-order valence-electron chi connectivity index (χ4n) is 3.62. The minimum atomic E-state index is -0.493. The lowest BCUT2D eigenvalue weighted by Gasteiger charge is -2.27. The summed E-state index contributed by atoms with van der Waals surface area (Å²) in [6, 6.07) is 8.73. The number of halogens is 3. The van der Waals surface area contributed by atoms with Crippen LogP contribution in [0.25, 0.3) is 10.9 Å². The van der Waals surface area contributed by atoms with E-state index >= 15 is 0 Å². The molecule has 0 unspecified atom stereocenters. The molecule has 29 heavy (non-hydrogen) atoms. The number of likely N-dealkylation sites (tertiary alicyclic amines) is 1. The van der Waals surface area contributed by atoms with E-state index in [9.17, 15) is 13.6 Å². The molecule has 0 bridgehead atoms. The van der Waals surface area contributed by atoms with Crippen LogP contribution in [0, 0.1) is 11.6 Å². The molecule has 0 spiro atoms. The number of nitrogens with one attached hydrogen (secondary N) is 1. The highest BCUT2D eigenvalue weighted by Crippen LogP contribution is 2.29. The van der Waals surface area contributed by atoms with Crippen molar-refractivity contribution in [3.05, 3.63) is 70.4 Å². The smallest absolute Gasteiger partial charge is 0.257 e. The highest BCUT2D eigenvalue weighted by molar-refractivity contribution is 6.30. The third-order valence-corrected chi connectivity index (χ3v) is 5.45. The molecule has 1 fully saturated rings. The highest BCUT2D eigenvalue weighted by atomic mass is 35.5. The zero-order chi connectivity index (χ0) is 20.4. The standard InChI is InChI=1S/C22H20ClF2N3O/c23-18-10-14(4-6-19(18)25)12-27-21-16-11-15(24)5-7-20(16)26-13-17(21)22(29)28-8-2-1-3-9-28/h4-7,10-11,13H,1-3,8-9,12H2,(H,26,27). The highest BCUT2D eigenvalue weighted by Gasteiger charge is 2.23. The second kappa shape index (κ2) is 8.33. The van der Waals surface area contributed by atoms with E-state index in [2.05, 4.69) is 10.3 Å². The maximum absolute atomic E-state index is 14.0. The summed E-state index contributed by atoms with van der Waals surface area (Å²) >= 11 is 5.87. The van der Waals surface area contributed by atoms with Gasteiger partial charge >= 0.3 is 0 Å². The number of hydrogen-bond acceptors (Lipinski definition) is 3. The number of amides is 1. The second-order valence-corrected chi connectivity index (χ2v) is 7.57. The van der Waals surface area contributed by atoms with Gasteiger partial charge in [-0.1, -0.05) is 17.7 Å². The van der Waals surface area contributed by atoms with Crippen molar-refractivity contribution in [3.8, 4) is 0 Å². The van der Waals surface area contributed by atoms with Crippen LogP contribution in [-0.4, -0.2) is 28.9 Å². The molecule has 7 heteroatoms. The summed E-state index contributed by atoms with van der Waals surface area (Å²) < 4.78 is 27.4. The van der Waals surface area contributed by atoms with Gasteiger partial charge in [0.05, 0.1) is 21.8 Å². The predicted molar refractivity (Wildman–Crippen MR) is 110 cm³/mol. The van der Waals surface area contributed by atoms with Gasteiger partial charge < -0.3 is 10.2 Å². The summed E-state index contributed by atoms with van der Waals surface area (Å²) in [4.78, 5) is 19.3. The minimum absolute atomic E-state index is 0.0274. The molecular weight excluding hydrogens is 396 g/mol. The van der Waals surface area contributed by atoms with E-state index in [4.69, 9.17) is 11.6 Å². The Morgan fingerprint density at radius 1 is 1.10 bits per heavy atom. The Balaban J connectivity index is 1.72. The van der Waals surface area contributed by atoms with Crippen molar-refractivity contribution in [2.45, 2.75) is 25.8 Å². The summed E-state index contributed by atoms with van der Waals surface area (Å²) in [7, 11) is 0. The van der Waals surface area contributed by atoms with Crippen LogP contribution >= 0.6 is 11.6 Å². The van der Waals surface area contributed by atoms with Crippen LogP contribution in [0.2, 0.25) is 5.02 Å². The average Bonchev–Trinajstić information content (AvgIpc) is 2.74. The SMILES string of the molecule is O=C(c1cnc2ccc(F)cc2c1NCc1ccc(F)c(Cl)c1)N1CCCCC1. The predicted octanol–water partition coefficient (Wildman–Crippen LogP) is 5.40. The normalized spacial score (nSPS) is 14.2. The van der Waals surface area contributed by atoms with E-state index in [1.165, 1.54) is 30.5 Å². The van der Waals surface area contributed by atoms with Gasteiger partial charge in [-0.25, -0.2) is 8.78 Å². The Kier molecular flexibility index (Phi) is 5.62. The number of nitrogens with zero attached hydrogens (tertiary/aromatic N) is 2. The molecule has 1 aromatic heterocycles. The van der Waals surface area contributed by atoms with Gasteiger partial charge in [0.25, 0.3) is 5.91 Å². The molecule has 2 heterocycles. The molecule has 1 aliphatic heterocycles. The maximum atomic E-state index is 14.0. The number of fused-ring (bicyclic) bond motifs is 1. The van der Waals surface area contributed by atoms with E-state index in [1.807, 2.05) is 4.90 Å². The van der Waals surface area contributed by atoms with Gasteiger partial charge in [-0.3, -0.25) is 9.78 Å². The molecule has 1 saturated heterocycles. The van der Waals surface area contributed by atoms with Crippen LogP contribution in [0.1, 0.15) is 35.2 Å². The van der Waals surface area contributed by atoms with Crippen LogP contribution in [0.15, 0.2) is 42.6 Å². The van der Waals surface area contributed by atoms with Gasteiger partial charge in [-0.15, -0.1) is 0 Å². The third kappa shape index (κ3) is 4.17. The summed E-state index contributed by atoms with van der Waals surface area (Å²) in [5.74, 6) is -1.02. The lowest BCUT2D eigenvalue weighted by Crippen LogP contribution is -2.36. The molecule has 3 aromatic rings. The van der Waals surface area contributed by atoms with Gasteiger partial charge in [-0.2, -0.15) is 0 Å². The zero-order valence-electron chi connectivity index (χ0n) is 15.7. The summed E-state index contributed by atoms with van der Waals surface area (Å²) in [5.41, 5.74) is 2.25. The Morgan fingerprint density at radius 3 is 2.66 bits per heavy atom. The lowest BCUT2D eigenvalue weighted by atomic mass is 10.1. The molecule has 1 amide bonds. The van der Waals surface area contributed by atoms with Crippen molar-refractivity contribution in [2.24, 2.45) is 0 Å². The van der Waals surface area contributed by atoms with Crippen molar-refractivity contribution in [1.29, 1.82) is 0 Å². The van der Waals surface area contributed by atoms with Crippen molar-refractivity contribution in [1.82, 2.24) is 9.88 Å². The van der Waals surface area contributed by atoms with E-state index < -0.39 is 11.6 Å². The van der Waals surface area contributed by atoms with Crippen LogP contribution < -0.4 is 5.32 Å². The number of anilines is 1. The minimum Gasteiger partial charge on any atom is -0.380 e. The quantitative estimate of drug-likeness (QED) is 0.620. The van der Waals surface area contributed by atoms with Crippen molar-refractivity contribution in [3.63, 3.8) is 0 Å². The molecule has 0 atom stereocenters. The second-order valence-electron chi connectivity index (χ2n) is 7.16. The van der Waals surface area contributed by atoms with Crippen LogP contribution in [0.4, 0.5) is 14.5 Å². The third-order valence-electron chi connectivity index (χ3n) is 5.16. The fraction of sp³-hybridized carbons (Fsp3) is 0.273. The average molecular weight is 416 g/mol. The first-order chi connectivity index (χ1) is 14.0. The number of hydrogen-bond donors (Lipinski definition) is 1. The van der Waals surface area contributed by atoms with E-state index in [1.54, 1.807) is 12.1 Å². The van der Waals surface area contributed by atoms with Crippen molar-refractivity contribution in [2.75, 3.05) is 18.4 Å². The molecule has 4 nitrogen and oxygen atoms in total. The topological polar surface area (TPSA) is 45.2 Å². The van der Waals surface area contributed by atoms with Crippen LogP contribution in [0.3, 0.4) is 0 Å². The number of carbonyl (C=O) groups is 1. The van der Waals surface area contributed by atoms with E-state index in [0.29, 0.717) is 41.8 Å². The van der Waals surface area contributed by atoms with Gasteiger partial charge in [0.2, 0.25) is 0 Å². The number of pyridine rings is 1. The Morgan fingerprint density at radius 2 is 1.90 bits per heavy atom. The van der Waals surface area contributed by atoms with Gasteiger partial charge in [0, 0.05) is 31.2 Å². The summed E-state index contributed by atoms with van der Waals surface area (Å²) in [6.45, 7) is 1.70. The number of piperidine rings is 1. The van der Waals surface area contributed by atoms with Gasteiger partial charge in [-0.05, 0) is 55.2 Å². The molecule has 2 aromatic carbocycles. The first-order valence-corrected chi connectivity index (χ1v) is 9.96. The maximum Gasteiger partial charge on any atom is 0.257 e. The van der Waals surface area contributed by atoms with Crippen molar-refractivity contribution >= 4 is 34.1 Å². The molecule has 0 aliphatic carbocycles. The number of carbonyl (C=O) groups excluding carboxylic acids is 1. The molecule has 1 N–H and O–H groups in total. The van der Waals surface area contributed by atoms with Crippen molar-refractivity contribution < 1.29 is 13.6 Å². The van der Waals surface area contributed by atoms with E-state index in [0.717, 1.165) is 24.8 Å². The van der Waals surface area contributed by atoms with Gasteiger partial charge in [0.1, 0.15) is 11.6 Å². The molecular formula is C22H20ClF2N3O. The fourth-order valence-corrected chi connectivity index (χ4v) is 3.83. The largest absolute Gasteiger partial charge is 0.380 e. The Bertz CT molecular complexity index is 1070. The molecule has 1 aliphatic rings. The number of aromatic nitrogens is 1. The van der Waals surface area contributed by atoms with E-state index in [-0.39, 0.29) is 10.9 Å². The molecule has 0 radical (unpaired) electrons. The van der Waals surface area contributed by atoms with Gasteiger partial charge in [0.15, 0.2) is 0 Å². The lowest BCUT2D eigenvalue weighted by molar-refractivity contribution is 0.0725. The van der Waals surface area contributed by atoms with Crippen LogP contribution in [0.5, 0.6) is 0 Å². The Labute approximate surface area is 172 Å². The first-order valence-electron chi connectivity index (χ1n) is 9.58. The molecule has 4 rings (SSSR count). The first kappa shape index (κ1) is 19.6. The Hall–Kier alpha value is -2.73. The van der Waals surface area contributed by atoms with Crippen LogP contribution in [-0.2, 0) is 6.54 Å². The summed E-state index contributed by atoms with van der Waals surface area (Å²) in [6.07, 6.45) is 4.59. The number of rotatable bonds is 4. The molecule has 0 saturated carbocycles. The number of benzene rings is 2. The zero-order valence-corrected chi connectivity index (χ0v) is 16.5. The monoisotopic (exact) mass is 415 g/mol. The molecule has 150 valence electrons.